The molecule has 3 heteroatoms. The van der Waals surface area contributed by atoms with E-state index in [1.54, 1.807) is 0 Å². The van der Waals surface area contributed by atoms with Gasteiger partial charge in [0.2, 0.25) is 0 Å². The molecule has 2 bridgehead atoms. The number of fused-ring (bicyclic) bond motifs is 4. The van der Waals surface area contributed by atoms with Gasteiger partial charge in [-0.25, -0.2) is 0 Å². The standard InChI is InChI=1S/C62H41BN2/c1-5-18-40(19-6-1)42-32-34-53-55(36-42)64(45-22-9-3-10-23-45)57-38-44(47-30-17-31-52-59-48-26-13-15-28-50(48)61(60(47)52)51-29-16-14-27-49(51)59)39-58-62(57)63(53)54-35-33-43(41-20-7-2-8-21-41)37-56(54)65(58)46-24-11-4-12-25-46/h1-39,59,61H. The molecule has 0 unspecified atom stereocenters. The Bertz CT molecular complexity index is 3310. The highest BCUT2D eigenvalue weighted by atomic mass is 15.2. The van der Waals surface area contributed by atoms with Crippen molar-refractivity contribution in [1.29, 1.82) is 0 Å². The number of rotatable bonds is 5. The second-order valence-corrected chi connectivity index (χ2v) is 17.9. The molecular formula is C62H41BN2. The van der Waals surface area contributed by atoms with Crippen molar-refractivity contribution in [1.82, 2.24) is 0 Å². The molecule has 2 nitrogen and oxygen atoms in total. The lowest BCUT2D eigenvalue weighted by atomic mass is 9.33. The van der Waals surface area contributed by atoms with Gasteiger partial charge >= 0.3 is 0 Å². The quantitative estimate of drug-likeness (QED) is 0.160. The zero-order valence-electron chi connectivity index (χ0n) is 35.6. The number of para-hydroxylation sites is 2. The van der Waals surface area contributed by atoms with Crippen LogP contribution in [0.3, 0.4) is 0 Å². The number of benzene rings is 10. The third-order valence-electron chi connectivity index (χ3n) is 14.6. The summed E-state index contributed by atoms with van der Waals surface area (Å²) in [5.74, 6) is 0.327. The number of hydrogen-bond donors (Lipinski definition) is 0. The van der Waals surface area contributed by atoms with Crippen LogP contribution in [0.2, 0.25) is 0 Å². The Labute approximate surface area is 380 Å². The molecule has 5 aliphatic rings. The van der Waals surface area contributed by atoms with Gasteiger partial charge in [-0.2, -0.15) is 0 Å². The van der Waals surface area contributed by atoms with E-state index in [1.165, 1.54) is 106 Å². The van der Waals surface area contributed by atoms with Gasteiger partial charge in [0.05, 0.1) is 0 Å². The first-order chi connectivity index (χ1) is 32.3. The van der Waals surface area contributed by atoms with Crippen LogP contribution < -0.4 is 26.2 Å². The molecule has 0 amide bonds. The Hall–Kier alpha value is -8.14. The lowest BCUT2D eigenvalue weighted by Gasteiger charge is -2.45. The van der Waals surface area contributed by atoms with Crippen molar-refractivity contribution in [3.63, 3.8) is 0 Å². The fourth-order valence-electron chi connectivity index (χ4n) is 11.9. The summed E-state index contributed by atoms with van der Waals surface area (Å²) in [6, 6.07) is 88.6. The summed E-state index contributed by atoms with van der Waals surface area (Å²) in [4.78, 5) is 5.11. The molecule has 3 aliphatic carbocycles. The highest BCUT2D eigenvalue weighted by Gasteiger charge is 2.46. The molecule has 0 saturated heterocycles. The fourth-order valence-corrected chi connectivity index (χ4v) is 11.9. The van der Waals surface area contributed by atoms with E-state index in [0.29, 0.717) is 0 Å². The van der Waals surface area contributed by atoms with Crippen LogP contribution in [0, 0.1) is 0 Å². The van der Waals surface area contributed by atoms with E-state index in [0.717, 1.165) is 11.4 Å². The molecule has 0 fully saturated rings. The highest BCUT2D eigenvalue weighted by molar-refractivity contribution is 7.00. The average Bonchev–Trinajstić information content (AvgIpc) is 3.38. The normalized spacial score (nSPS) is 15.6. The second kappa shape index (κ2) is 14.2. The van der Waals surface area contributed by atoms with Gasteiger partial charge in [-0.05, 0) is 132 Å². The molecule has 10 aromatic carbocycles. The molecule has 0 spiro atoms. The fraction of sp³-hybridized carbons (Fsp3) is 0.0323. The smallest absolute Gasteiger partial charge is 0.252 e. The van der Waals surface area contributed by atoms with E-state index < -0.39 is 0 Å². The molecule has 15 rings (SSSR count). The van der Waals surface area contributed by atoms with Crippen LogP contribution in [0.1, 0.15) is 45.2 Å². The SMILES string of the molecule is c1ccc(-c2ccc3c(c2)N(c2ccccc2)c2cc(-c4cccc5c4C4c6ccccc6C5c5ccccc54)cc4c2B3c2ccc(-c3ccccc3)cc2N4c2ccccc2)cc1. The molecule has 0 aromatic heterocycles. The predicted molar refractivity (Wildman–Crippen MR) is 272 cm³/mol. The van der Waals surface area contributed by atoms with Crippen LogP contribution >= 0.6 is 0 Å². The third-order valence-corrected chi connectivity index (χ3v) is 14.6. The van der Waals surface area contributed by atoms with Crippen molar-refractivity contribution in [3.05, 3.63) is 270 Å². The minimum atomic E-state index is -0.00641. The van der Waals surface area contributed by atoms with E-state index >= 15 is 0 Å². The monoisotopic (exact) mass is 824 g/mol. The second-order valence-electron chi connectivity index (χ2n) is 17.9. The summed E-state index contributed by atoms with van der Waals surface area (Å²) in [7, 11) is 0. The largest absolute Gasteiger partial charge is 0.311 e. The number of anilines is 6. The van der Waals surface area contributed by atoms with Crippen molar-refractivity contribution in [2.75, 3.05) is 9.80 Å². The van der Waals surface area contributed by atoms with Gasteiger partial charge in [0.1, 0.15) is 0 Å². The van der Waals surface area contributed by atoms with Crippen LogP contribution in [0.25, 0.3) is 33.4 Å². The summed E-state index contributed by atoms with van der Waals surface area (Å²) < 4.78 is 0. The predicted octanol–water partition coefficient (Wildman–Crippen LogP) is 13.8. The summed E-state index contributed by atoms with van der Waals surface area (Å²) >= 11 is 0. The Morgan fingerprint density at radius 1 is 0.292 bits per heavy atom. The van der Waals surface area contributed by atoms with Crippen LogP contribution in [-0.2, 0) is 0 Å². The first-order valence-corrected chi connectivity index (χ1v) is 22.9. The molecule has 0 N–H and O–H groups in total. The Morgan fingerprint density at radius 3 is 1.17 bits per heavy atom. The Balaban J connectivity index is 1.09. The summed E-state index contributed by atoms with van der Waals surface area (Å²) in [6.07, 6.45) is 0. The summed E-state index contributed by atoms with van der Waals surface area (Å²) in [6.45, 7) is -0.00641. The Kier molecular flexibility index (Phi) is 7.94. The minimum Gasteiger partial charge on any atom is -0.311 e. The van der Waals surface area contributed by atoms with Crippen molar-refractivity contribution in [3.8, 4) is 33.4 Å². The van der Waals surface area contributed by atoms with Gasteiger partial charge in [-0.3, -0.25) is 0 Å². The lowest BCUT2D eigenvalue weighted by Crippen LogP contribution is -2.61. The van der Waals surface area contributed by atoms with Crippen molar-refractivity contribution >= 4 is 57.2 Å². The lowest BCUT2D eigenvalue weighted by molar-refractivity contribution is 0.756. The van der Waals surface area contributed by atoms with Gasteiger partial charge in [0.15, 0.2) is 0 Å². The first-order valence-electron chi connectivity index (χ1n) is 22.9. The zero-order chi connectivity index (χ0) is 42.6. The maximum atomic E-state index is 2.55. The minimum absolute atomic E-state index is 0.00641. The summed E-state index contributed by atoms with van der Waals surface area (Å²) in [5, 5.41) is 0. The number of nitrogens with zero attached hydrogens (tertiary/aromatic N) is 2. The highest BCUT2D eigenvalue weighted by Crippen LogP contribution is 2.58. The van der Waals surface area contributed by atoms with Gasteiger partial charge < -0.3 is 9.80 Å². The first kappa shape index (κ1) is 36.4. The topological polar surface area (TPSA) is 6.48 Å². The molecule has 302 valence electrons. The van der Waals surface area contributed by atoms with Crippen LogP contribution in [-0.4, -0.2) is 6.71 Å². The van der Waals surface area contributed by atoms with Gasteiger partial charge in [0.25, 0.3) is 6.71 Å². The zero-order valence-corrected chi connectivity index (χ0v) is 35.6. The molecular weight excluding hydrogens is 784 g/mol. The third kappa shape index (κ3) is 5.36. The molecule has 0 radical (unpaired) electrons. The molecule has 2 aliphatic heterocycles. The van der Waals surface area contributed by atoms with E-state index in [4.69, 9.17) is 0 Å². The van der Waals surface area contributed by atoms with Crippen LogP contribution in [0.5, 0.6) is 0 Å². The maximum Gasteiger partial charge on any atom is 0.252 e. The van der Waals surface area contributed by atoms with Gasteiger partial charge in [0, 0.05) is 46.0 Å². The van der Waals surface area contributed by atoms with Crippen molar-refractivity contribution in [2.24, 2.45) is 0 Å². The average molecular weight is 825 g/mol. The molecule has 2 heterocycles. The Morgan fingerprint density at radius 2 is 0.692 bits per heavy atom. The van der Waals surface area contributed by atoms with Crippen molar-refractivity contribution in [2.45, 2.75) is 11.8 Å². The van der Waals surface area contributed by atoms with Gasteiger partial charge in [-0.1, -0.05) is 188 Å². The van der Waals surface area contributed by atoms with E-state index in [2.05, 4.69) is 246 Å². The van der Waals surface area contributed by atoms with Crippen LogP contribution in [0.15, 0.2) is 237 Å². The van der Waals surface area contributed by atoms with E-state index in [-0.39, 0.29) is 18.5 Å². The molecule has 0 saturated carbocycles. The molecule has 65 heavy (non-hydrogen) atoms. The maximum absolute atomic E-state index is 2.55. The van der Waals surface area contributed by atoms with Gasteiger partial charge in [-0.15, -0.1) is 0 Å². The van der Waals surface area contributed by atoms with E-state index in [9.17, 15) is 0 Å². The van der Waals surface area contributed by atoms with Crippen molar-refractivity contribution < 1.29 is 0 Å². The van der Waals surface area contributed by atoms with Crippen LogP contribution in [0.4, 0.5) is 34.1 Å². The molecule has 0 atom stereocenters. The summed E-state index contributed by atoms with van der Waals surface area (Å²) in [5.41, 5.74) is 27.0. The van der Waals surface area contributed by atoms with E-state index in [1.807, 2.05) is 0 Å². The number of hydrogen-bond acceptors (Lipinski definition) is 2. The molecule has 10 aromatic rings.